The zero-order valence-corrected chi connectivity index (χ0v) is 18.1. The number of aromatic nitrogens is 1. The van der Waals surface area contributed by atoms with Crippen LogP contribution in [0.4, 0.5) is 8.78 Å². The number of hydrogen-bond donors (Lipinski definition) is 0. The van der Waals surface area contributed by atoms with Gasteiger partial charge in [-0.2, -0.15) is 8.78 Å². The van der Waals surface area contributed by atoms with Crippen molar-refractivity contribution in [2.24, 2.45) is 0 Å². The van der Waals surface area contributed by atoms with Gasteiger partial charge in [-0.15, -0.1) is 0 Å². The fourth-order valence-corrected chi connectivity index (χ4v) is 4.34. The number of carbonyl (C=O) groups excluding carboxylic acids is 3. The van der Waals surface area contributed by atoms with E-state index in [0.717, 1.165) is 5.56 Å². The van der Waals surface area contributed by atoms with Crippen LogP contribution in [0.25, 0.3) is 0 Å². The molecule has 33 heavy (non-hydrogen) atoms. The molecule has 4 rings (SSSR count). The molecule has 2 atom stereocenters. The van der Waals surface area contributed by atoms with Crippen molar-refractivity contribution >= 4 is 17.7 Å². The number of amides is 3. The van der Waals surface area contributed by atoms with Gasteiger partial charge in [0.05, 0.1) is 6.54 Å². The van der Waals surface area contributed by atoms with Crippen LogP contribution in [0.1, 0.15) is 29.3 Å². The molecule has 2 aliphatic heterocycles. The first-order valence-electron chi connectivity index (χ1n) is 10.7. The normalized spacial score (nSPS) is 20.8. The predicted molar refractivity (Wildman–Crippen MR) is 113 cm³/mol. The largest absolute Gasteiger partial charge is 0.435 e. The molecule has 0 radical (unpaired) electrons. The van der Waals surface area contributed by atoms with Gasteiger partial charge in [0.1, 0.15) is 18.0 Å². The van der Waals surface area contributed by atoms with Crippen molar-refractivity contribution < 1.29 is 27.9 Å². The Bertz CT molecular complexity index is 1020. The second-order valence-electron chi connectivity index (χ2n) is 8.00. The van der Waals surface area contributed by atoms with Gasteiger partial charge in [-0.25, -0.2) is 0 Å². The van der Waals surface area contributed by atoms with E-state index in [0.29, 0.717) is 18.5 Å². The number of hydrogen-bond acceptors (Lipinski definition) is 5. The number of nitrogens with zero attached hydrogens (tertiary/aromatic N) is 4. The minimum atomic E-state index is -2.95. The smallest absolute Gasteiger partial charge is 0.387 e. The van der Waals surface area contributed by atoms with Gasteiger partial charge in [-0.05, 0) is 55.3 Å². The molecule has 3 heterocycles. The lowest BCUT2D eigenvalue weighted by Crippen LogP contribution is -2.70. The van der Waals surface area contributed by atoms with E-state index < -0.39 is 18.8 Å². The first-order valence-corrected chi connectivity index (χ1v) is 10.7. The second kappa shape index (κ2) is 9.51. The van der Waals surface area contributed by atoms with Crippen LogP contribution in [0.5, 0.6) is 5.75 Å². The molecule has 1 aromatic carbocycles. The molecule has 8 nitrogen and oxygen atoms in total. The molecule has 2 saturated heterocycles. The predicted octanol–water partition coefficient (Wildman–Crippen LogP) is 2.16. The van der Waals surface area contributed by atoms with Gasteiger partial charge in [0.25, 0.3) is 5.91 Å². The highest BCUT2D eigenvalue weighted by molar-refractivity contribution is 5.97. The van der Waals surface area contributed by atoms with E-state index in [-0.39, 0.29) is 43.0 Å². The molecular weight excluding hydrogens is 434 g/mol. The Morgan fingerprint density at radius 2 is 1.85 bits per heavy atom. The molecule has 2 aromatic rings. The Labute approximate surface area is 189 Å². The average Bonchev–Trinajstić information content (AvgIpc) is 2.81. The topological polar surface area (TPSA) is 83.0 Å². The van der Waals surface area contributed by atoms with E-state index >= 15 is 0 Å². The Kier molecular flexibility index (Phi) is 6.52. The van der Waals surface area contributed by atoms with Gasteiger partial charge >= 0.3 is 6.61 Å². The maximum Gasteiger partial charge on any atom is 0.387 e. The highest BCUT2D eigenvalue weighted by Gasteiger charge is 2.46. The molecule has 0 N–H and O–H groups in total. The second-order valence-corrected chi connectivity index (χ2v) is 8.00. The summed E-state index contributed by atoms with van der Waals surface area (Å²) in [7, 11) is 0. The first-order chi connectivity index (χ1) is 15.8. The van der Waals surface area contributed by atoms with Crippen molar-refractivity contribution in [2.75, 3.05) is 19.6 Å². The summed E-state index contributed by atoms with van der Waals surface area (Å²) >= 11 is 0. The minimum absolute atomic E-state index is 0.0452. The third-order valence-corrected chi connectivity index (χ3v) is 6.01. The van der Waals surface area contributed by atoms with E-state index in [1.807, 2.05) is 12.1 Å². The molecule has 3 amide bonds. The number of halogens is 2. The number of rotatable bonds is 6. The first kappa shape index (κ1) is 22.6. The SMILES string of the molecule is CC1C(=O)N(CCc2ccncc2)CC2N(C(=O)c3ccc(OC(F)F)cc3)CCC(=O)N12. The summed E-state index contributed by atoms with van der Waals surface area (Å²) in [5, 5.41) is 0. The van der Waals surface area contributed by atoms with Gasteiger partial charge in [0.2, 0.25) is 11.8 Å². The maximum absolute atomic E-state index is 13.3. The van der Waals surface area contributed by atoms with E-state index in [4.69, 9.17) is 0 Å². The summed E-state index contributed by atoms with van der Waals surface area (Å²) in [6, 6.07) is 8.52. The Morgan fingerprint density at radius 3 is 2.52 bits per heavy atom. The molecule has 0 aliphatic carbocycles. The molecule has 174 valence electrons. The molecule has 0 bridgehead atoms. The van der Waals surface area contributed by atoms with Crippen LogP contribution < -0.4 is 4.74 Å². The number of ether oxygens (including phenoxy) is 1. The Hall–Kier alpha value is -3.56. The van der Waals surface area contributed by atoms with Gasteiger partial charge in [-0.3, -0.25) is 19.4 Å². The van der Waals surface area contributed by atoms with Crippen molar-refractivity contribution in [2.45, 2.75) is 38.6 Å². The Balaban J connectivity index is 1.52. The number of carbonyl (C=O) groups is 3. The lowest BCUT2D eigenvalue weighted by atomic mass is 10.0. The molecule has 2 fully saturated rings. The Morgan fingerprint density at radius 1 is 1.15 bits per heavy atom. The van der Waals surface area contributed by atoms with Crippen LogP contribution in [0.3, 0.4) is 0 Å². The molecule has 0 saturated carbocycles. The van der Waals surface area contributed by atoms with Gasteiger partial charge < -0.3 is 19.4 Å². The van der Waals surface area contributed by atoms with E-state index in [1.54, 1.807) is 29.1 Å². The maximum atomic E-state index is 13.3. The quantitative estimate of drug-likeness (QED) is 0.663. The van der Waals surface area contributed by atoms with Crippen LogP contribution in [-0.2, 0) is 16.0 Å². The number of piperazine rings is 1. The number of pyridine rings is 1. The van der Waals surface area contributed by atoms with Crippen LogP contribution in [-0.4, -0.2) is 75.9 Å². The van der Waals surface area contributed by atoms with E-state index in [9.17, 15) is 23.2 Å². The summed E-state index contributed by atoms with van der Waals surface area (Å²) in [6.07, 6.45) is 3.52. The number of fused-ring (bicyclic) bond motifs is 1. The average molecular weight is 458 g/mol. The summed E-state index contributed by atoms with van der Waals surface area (Å²) < 4.78 is 29.1. The lowest BCUT2D eigenvalue weighted by Gasteiger charge is -2.51. The van der Waals surface area contributed by atoms with E-state index in [1.165, 1.54) is 29.2 Å². The summed E-state index contributed by atoms with van der Waals surface area (Å²) in [6.45, 7) is -0.400. The molecular formula is C23H24F2N4O4. The van der Waals surface area contributed by atoms with Gasteiger partial charge in [-0.1, -0.05) is 0 Å². The van der Waals surface area contributed by atoms with E-state index in [2.05, 4.69) is 9.72 Å². The molecule has 0 spiro atoms. The minimum Gasteiger partial charge on any atom is -0.435 e. The van der Waals surface area contributed by atoms with Crippen molar-refractivity contribution in [3.8, 4) is 5.75 Å². The van der Waals surface area contributed by atoms with Gasteiger partial charge in [0, 0.05) is 37.5 Å². The summed E-state index contributed by atoms with van der Waals surface area (Å²) in [5.74, 6) is -0.705. The number of benzene rings is 1. The van der Waals surface area contributed by atoms with Crippen molar-refractivity contribution in [3.63, 3.8) is 0 Å². The van der Waals surface area contributed by atoms with Crippen LogP contribution >= 0.6 is 0 Å². The van der Waals surface area contributed by atoms with Gasteiger partial charge in [0.15, 0.2) is 0 Å². The van der Waals surface area contributed by atoms with Crippen LogP contribution in [0.2, 0.25) is 0 Å². The van der Waals surface area contributed by atoms with Crippen molar-refractivity contribution in [1.29, 1.82) is 0 Å². The zero-order chi connectivity index (χ0) is 23.5. The molecule has 2 aliphatic rings. The third kappa shape index (κ3) is 4.79. The molecule has 1 aromatic heterocycles. The third-order valence-electron chi connectivity index (χ3n) is 6.01. The zero-order valence-electron chi connectivity index (χ0n) is 18.1. The van der Waals surface area contributed by atoms with Crippen LogP contribution in [0.15, 0.2) is 48.8 Å². The fraction of sp³-hybridized carbons (Fsp3) is 0.391. The summed E-state index contributed by atoms with van der Waals surface area (Å²) in [4.78, 5) is 47.6. The fourth-order valence-electron chi connectivity index (χ4n) is 4.34. The monoisotopic (exact) mass is 458 g/mol. The van der Waals surface area contributed by atoms with Crippen molar-refractivity contribution in [3.05, 3.63) is 59.9 Å². The number of alkyl halides is 2. The van der Waals surface area contributed by atoms with Crippen molar-refractivity contribution in [1.82, 2.24) is 19.7 Å². The standard InChI is InChI=1S/C23H24F2N4O4/c1-15-21(31)27(12-8-16-6-10-26-11-7-16)14-19-28(13-9-20(30)29(15)19)22(32)17-2-4-18(5-3-17)33-23(24)25/h2-7,10-11,15,19,23H,8-9,12-14H2,1H3. The highest BCUT2D eigenvalue weighted by atomic mass is 19.3. The van der Waals surface area contributed by atoms with Crippen LogP contribution in [0, 0.1) is 0 Å². The lowest BCUT2D eigenvalue weighted by molar-refractivity contribution is -0.165. The molecule has 2 unspecified atom stereocenters. The molecule has 10 heteroatoms. The highest BCUT2D eigenvalue weighted by Crippen LogP contribution is 2.27. The summed E-state index contributed by atoms with van der Waals surface area (Å²) in [5.41, 5.74) is 1.32.